The van der Waals surface area contributed by atoms with Gasteiger partial charge in [0, 0.05) is 18.2 Å². The van der Waals surface area contributed by atoms with Crippen LogP contribution in [0.15, 0.2) is 30.5 Å². The Morgan fingerprint density at radius 3 is 2.67 bits per heavy atom. The van der Waals surface area contributed by atoms with Gasteiger partial charge < -0.3 is 10.5 Å². The zero-order chi connectivity index (χ0) is 13.1. The minimum Gasteiger partial charge on any atom is -0.496 e. The van der Waals surface area contributed by atoms with Crippen LogP contribution in [0.5, 0.6) is 5.75 Å². The van der Waals surface area contributed by atoms with E-state index in [0.29, 0.717) is 5.82 Å². The molecule has 0 fully saturated rings. The molecule has 0 saturated heterocycles. The van der Waals surface area contributed by atoms with Crippen LogP contribution >= 0.6 is 0 Å². The Kier molecular flexibility index (Phi) is 3.51. The predicted octanol–water partition coefficient (Wildman–Crippen LogP) is 2.88. The van der Waals surface area contributed by atoms with Gasteiger partial charge in [0.05, 0.1) is 7.11 Å². The number of methoxy groups -OCH3 is 1. The smallest absolute Gasteiger partial charge is 0.127 e. The highest BCUT2D eigenvalue weighted by Crippen LogP contribution is 2.25. The van der Waals surface area contributed by atoms with Gasteiger partial charge in [-0.1, -0.05) is 17.7 Å². The van der Waals surface area contributed by atoms with Gasteiger partial charge in [0.2, 0.25) is 0 Å². The number of hydrogen-bond donors (Lipinski definition) is 1. The molecule has 1 aromatic heterocycles. The molecule has 1 heterocycles. The SMILES string of the molecule is COc1ccc(C)cc1Cc1c(C)ccnc1N. The highest BCUT2D eigenvalue weighted by atomic mass is 16.5. The quantitative estimate of drug-likeness (QED) is 0.900. The summed E-state index contributed by atoms with van der Waals surface area (Å²) >= 11 is 0. The highest BCUT2D eigenvalue weighted by molar-refractivity contribution is 5.49. The Balaban J connectivity index is 2.42. The van der Waals surface area contributed by atoms with Gasteiger partial charge in [-0.2, -0.15) is 0 Å². The number of aromatic nitrogens is 1. The molecule has 0 aliphatic carbocycles. The highest BCUT2D eigenvalue weighted by Gasteiger charge is 2.09. The number of rotatable bonds is 3. The lowest BCUT2D eigenvalue weighted by molar-refractivity contribution is 0.410. The van der Waals surface area contributed by atoms with Crippen LogP contribution < -0.4 is 10.5 Å². The third-order valence-electron chi connectivity index (χ3n) is 3.13. The summed E-state index contributed by atoms with van der Waals surface area (Å²) in [6.07, 6.45) is 2.48. The summed E-state index contributed by atoms with van der Waals surface area (Å²) in [5, 5.41) is 0. The van der Waals surface area contributed by atoms with E-state index in [1.807, 2.05) is 18.2 Å². The summed E-state index contributed by atoms with van der Waals surface area (Å²) in [5.74, 6) is 1.49. The second-order valence-electron chi connectivity index (χ2n) is 4.48. The van der Waals surface area contributed by atoms with Crippen LogP contribution in [0.2, 0.25) is 0 Å². The van der Waals surface area contributed by atoms with Crippen LogP contribution in [0.25, 0.3) is 0 Å². The normalized spacial score (nSPS) is 10.4. The summed E-state index contributed by atoms with van der Waals surface area (Å²) in [4.78, 5) is 4.15. The fourth-order valence-electron chi connectivity index (χ4n) is 2.08. The van der Waals surface area contributed by atoms with Crippen LogP contribution in [0.3, 0.4) is 0 Å². The van der Waals surface area contributed by atoms with Gasteiger partial charge in [0.25, 0.3) is 0 Å². The first-order chi connectivity index (χ1) is 8.61. The maximum Gasteiger partial charge on any atom is 0.127 e. The number of aryl methyl sites for hydroxylation is 2. The van der Waals surface area contributed by atoms with Crippen molar-refractivity contribution in [3.8, 4) is 5.75 Å². The fraction of sp³-hybridized carbons (Fsp3) is 0.267. The molecule has 0 aliphatic heterocycles. The lowest BCUT2D eigenvalue weighted by atomic mass is 9.99. The number of nitrogens with zero attached hydrogens (tertiary/aromatic N) is 1. The number of anilines is 1. The van der Waals surface area contributed by atoms with Gasteiger partial charge in [-0.05, 0) is 37.1 Å². The lowest BCUT2D eigenvalue weighted by Crippen LogP contribution is -2.02. The van der Waals surface area contributed by atoms with Gasteiger partial charge in [-0.15, -0.1) is 0 Å². The molecule has 94 valence electrons. The number of hydrogen-bond acceptors (Lipinski definition) is 3. The molecule has 0 amide bonds. The molecule has 0 atom stereocenters. The number of nitrogens with two attached hydrogens (primary N) is 1. The van der Waals surface area contributed by atoms with E-state index in [9.17, 15) is 0 Å². The molecule has 18 heavy (non-hydrogen) atoms. The van der Waals surface area contributed by atoms with Crippen molar-refractivity contribution in [3.63, 3.8) is 0 Å². The molecule has 2 aromatic rings. The largest absolute Gasteiger partial charge is 0.496 e. The molecular weight excluding hydrogens is 224 g/mol. The van der Waals surface area contributed by atoms with Crippen molar-refractivity contribution in [3.05, 3.63) is 52.7 Å². The second kappa shape index (κ2) is 5.08. The Morgan fingerprint density at radius 2 is 2.00 bits per heavy atom. The first-order valence-corrected chi connectivity index (χ1v) is 5.95. The maximum absolute atomic E-state index is 5.95. The summed E-state index contributed by atoms with van der Waals surface area (Å²) in [6.45, 7) is 4.12. The van der Waals surface area contributed by atoms with Gasteiger partial charge in [0.15, 0.2) is 0 Å². The first kappa shape index (κ1) is 12.4. The van der Waals surface area contributed by atoms with Gasteiger partial charge in [-0.3, -0.25) is 0 Å². The molecule has 0 radical (unpaired) electrons. The summed E-state index contributed by atoms with van der Waals surface area (Å²) in [5.41, 5.74) is 10.5. The average molecular weight is 242 g/mol. The van der Waals surface area contributed by atoms with E-state index < -0.39 is 0 Å². The van der Waals surface area contributed by atoms with E-state index >= 15 is 0 Å². The Bertz CT molecular complexity index is 544. The number of nitrogen functional groups attached to an aromatic ring is 1. The molecular formula is C15H18N2O. The van der Waals surface area contributed by atoms with Crippen molar-refractivity contribution < 1.29 is 4.74 Å². The monoisotopic (exact) mass is 242 g/mol. The zero-order valence-electron chi connectivity index (χ0n) is 11.0. The molecule has 0 saturated carbocycles. The van der Waals surface area contributed by atoms with Crippen molar-refractivity contribution in [1.29, 1.82) is 0 Å². The van der Waals surface area contributed by atoms with Crippen molar-refractivity contribution in [2.45, 2.75) is 20.3 Å². The molecule has 0 aliphatic rings. The van der Waals surface area contributed by atoms with E-state index in [0.717, 1.165) is 28.9 Å². The first-order valence-electron chi connectivity index (χ1n) is 5.95. The number of benzene rings is 1. The van der Waals surface area contributed by atoms with E-state index in [2.05, 4.69) is 24.9 Å². The van der Waals surface area contributed by atoms with Gasteiger partial charge in [0.1, 0.15) is 11.6 Å². The summed E-state index contributed by atoms with van der Waals surface area (Å²) in [7, 11) is 1.69. The predicted molar refractivity (Wildman–Crippen MR) is 73.9 cm³/mol. The molecule has 3 heteroatoms. The summed E-state index contributed by atoms with van der Waals surface area (Å²) in [6, 6.07) is 8.15. The van der Waals surface area contributed by atoms with E-state index in [1.165, 1.54) is 5.56 Å². The Morgan fingerprint density at radius 1 is 1.22 bits per heavy atom. The minimum atomic E-state index is 0.596. The minimum absolute atomic E-state index is 0.596. The third-order valence-corrected chi connectivity index (χ3v) is 3.13. The molecule has 0 unspecified atom stereocenters. The van der Waals surface area contributed by atoms with Crippen LogP contribution in [0, 0.1) is 13.8 Å². The fourth-order valence-corrected chi connectivity index (χ4v) is 2.08. The van der Waals surface area contributed by atoms with Gasteiger partial charge in [-0.25, -0.2) is 4.98 Å². The zero-order valence-corrected chi connectivity index (χ0v) is 11.0. The molecule has 2 rings (SSSR count). The van der Waals surface area contributed by atoms with E-state index in [-0.39, 0.29) is 0 Å². The van der Waals surface area contributed by atoms with Crippen molar-refractivity contribution >= 4 is 5.82 Å². The lowest BCUT2D eigenvalue weighted by Gasteiger charge is -2.12. The van der Waals surface area contributed by atoms with Crippen LogP contribution in [-0.2, 0) is 6.42 Å². The van der Waals surface area contributed by atoms with Crippen LogP contribution in [0.4, 0.5) is 5.82 Å². The van der Waals surface area contributed by atoms with Crippen molar-refractivity contribution in [2.75, 3.05) is 12.8 Å². The standard InChI is InChI=1S/C15H18N2O/c1-10-4-5-14(18-3)12(8-10)9-13-11(2)6-7-17-15(13)16/h4-8H,9H2,1-3H3,(H2,16,17). The molecule has 0 bridgehead atoms. The van der Waals surface area contributed by atoms with Gasteiger partial charge >= 0.3 is 0 Å². The third kappa shape index (κ3) is 2.45. The maximum atomic E-state index is 5.95. The molecule has 0 spiro atoms. The van der Waals surface area contributed by atoms with E-state index in [1.54, 1.807) is 13.3 Å². The molecule has 2 N–H and O–H groups in total. The molecule has 1 aromatic carbocycles. The molecule has 3 nitrogen and oxygen atoms in total. The Labute approximate surface area is 108 Å². The van der Waals surface area contributed by atoms with Crippen LogP contribution in [-0.4, -0.2) is 12.1 Å². The summed E-state index contributed by atoms with van der Waals surface area (Å²) < 4.78 is 5.39. The van der Waals surface area contributed by atoms with Crippen molar-refractivity contribution in [2.24, 2.45) is 0 Å². The second-order valence-corrected chi connectivity index (χ2v) is 4.48. The average Bonchev–Trinajstić information content (AvgIpc) is 2.34. The number of pyridine rings is 1. The van der Waals surface area contributed by atoms with Crippen molar-refractivity contribution in [1.82, 2.24) is 4.98 Å². The van der Waals surface area contributed by atoms with E-state index in [4.69, 9.17) is 10.5 Å². The Hall–Kier alpha value is -2.03. The topological polar surface area (TPSA) is 48.1 Å². The van der Waals surface area contributed by atoms with Crippen LogP contribution in [0.1, 0.15) is 22.3 Å². The number of ether oxygens (including phenoxy) is 1.